The second-order valence-corrected chi connectivity index (χ2v) is 8.46. The Morgan fingerprint density at radius 2 is 1.91 bits per heavy atom. The first-order chi connectivity index (χ1) is 15.5. The highest BCUT2D eigenvalue weighted by Gasteiger charge is 2.36. The van der Waals surface area contributed by atoms with E-state index in [1.54, 1.807) is 10.9 Å². The molecule has 0 aliphatic heterocycles. The van der Waals surface area contributed by atoms with Crippen LogP contribution in [0.15, 0.2) is 48.8 Å². The van der Waals surface area contributed by atoms with Crippen molar-refractivity contribution in [1.82, 2.24) is 14.8 Å². The molecule has 32 heavy (non-hydrogen) atoms. The number of nitrogens with one attached hydrogen (secondary N) is 1. The van der Waals surface area contributed by atoms with Gasteiger partial charge in [-0.05, 0) is 43.5 Å². The predicted octanol–water partition coefficient (Wildman–Crippen LogP) is 4.98. The second kappa shape index (κ2) is 9.26. The molecule has 3 aromatic rings. The standard InChI is InChI=1S/C25H22ClN5O/c1-18-13-20(10-9-19-7-3-2-4-8-19)14-28-23(18)30-24(32)22-21(26)15-29-31(22)17-25(16-27)11-5-6-12-25/h2-4,7-8,13-15H,5-6,11-12,17H2,1H3,(H,28,30,32). The van der Waals surface area contributed by atoms with Crippen LogP contribution in [0.2, 0.25) is 5.02 Å². The minimum atomic E-state index is -0.502. The van der Waals surface area contributed by atoms with Crippen LogP contribution in [-0.4, -0.2) is 20.7 Å². The number of hydrogen-bond donors (Lipinski definition) is 1. The van der Waals surface area contributed by atoms with Crippen molar-refractivity contribution in [3.63, 3.8) is 0 Å². The molecule has 0 atom stereocenters. The van der Waals surface area contributed by atoms with Gasteiger partial charge >= 0.3 is 0 Å². The number of amides is 1. The number of nitrogens with zero attached hydrogens (tertiary/aromatic N) is 4. The average molecular weight is 444 g/mol. The molecule has 0 radical (unpaired) electrons. The van der Waals surface area contributed by atoms with Crippen molar-refractivity contribution in [3.8, 4) is 17.9 Å². The van der Waals surface area contributed by atoms with Crippen LogP contribution in [0.1, 0.15) is 52.9 Å². The van der Waals surface area contributed by atoms with Gasteiger partial charge in [0.25, 0.3) is 5.91 Å². The molecule has 1 aliphatic rings. The van der Waals surface area contributed by atoms with Crippen molar-refractivity contribution >= 4 is 23.3 Å². The maximum absolute atomic E-state index is 13.0. The fourth-order valence-electron chi connectivity index (χ4n) is 3.96. The summed E-state index contributed by atoms with van der Waals surface area (Å²) in [5.74, 6) is 6.21. The van der Waals surface area contributed by atoms with E-state index in [9.17, 15) is 10.1 Å². The summed E-state index contributed by atoms with van der Waals surface area (Å²) >= 11 is 6.28. The van der Waals surface area contributed by atoms with Gasteiger partial charge in [-0.3, -0.25) is 9.48 Å². The van der Waals surface area contributed by atoms with Crippen LogP contribution in [0.4, 0.5) is 5.82 Å². The quantitative estimate of drug-likeness (QED) is 0.576. The van der Waals surface area contributed by atoms with Gasteiger partial charge in [-0.25, -0.2) is 4.98 Å². The van der Waals surface area contributed by atoms with Gasteiger partial charge in [0.2, 0.25) is 0 Å². The van der Waals surface area contributed by atoms with Gasteiger partial charge in [0.1, 0.15) is 11.5 Å². The third kappa shape index (κ3) is 4.66. The Kier molecular flexibility index (Phi) is 6.25. The molecule has 6 nitrogen and oxygen atoms in total. The molecular formula is C25H22ClN5O. The van der Waals surface area contributed by atoms with E-state index in [0.717, 1.165) is 42.4 Å². The molecule has 4 rings (SSSR count). The van der Waals surface area contributed by atoms with Gasteiger partial charge in [0, 0.05) is 17.3 Å². The van der Waals surface area contributed by atoms with Crippen LogP contribution in [0.5, 0.6) is 0 Å². The van der Waals surface area contributed by atoms with E-state index in [0.29, 0.717) is 12.4 Å². The Morgan fingerprint density at radius 3 is 2.59 bits per heavy atom. The van der Waals surface area contributed by atoms with Crippen molar-refractivity contribution in [3.05, 3.63) is 76.2 Å². The lowest BCUT2D eigenvalue weighted by atomic mass is 9.88. The molecule has 7 heteroatoms. The summed E-state index contributed by atoms with van der Waals surface area (Å²) < 4.78 is 1.54. The Labute approximate surface area is 192 Å². The monoisotopic (exact) mass is 443 g/mol. The van der Waals surface area contributed by atoms with Gasteiger partial charge < -0.3 is 5.32 Å². The number of benzene rings is 1. The summed E-state index contributed by atoms with van der Waals surface area (Å²) in [5.41, 5.74) is 2.19. The number of nitriles is 1. The van der Waals surface area contributed by atoms with Crippen molar-refractivity contribution < 1.29 is 4.79 Å². The molecule has 1 N–H and O–H groups in total. The van der Waals surface area contributed by atoms with Crippen LogP contribution < -0.4 is 5.32 Å². The lowest BCUT2D eigenvalue weighted by Crippen LogP contribution is -2.27. The highest BCUT2D eigenvalue weighted by molar-refractivity contribution is 6.34. The Morgan fingerprint density at radius 1 is 1.19 bits per heavy atom. The van der Waals surface area contributed by atoms with E-state index in [1.165, 1.54) is 6.20 Å². The molecule has 1 fully saturated rings. The number of pyridine rings is 1. The van der Waals surface area contributed by atoms with E-state index in [1.807, 2.05) is 43.3 Å². The highest BCUT2D eigenvalue weighted by Crippen LogP contribution is 2.39. The molecule has 1 aromatic carbocycles. The molecule has 1 saturated carbocycles. The van der Waals surface area contributed by atoms with E-state index in [4.69, 9.17) is 11.6 Å². The molecule has 0 spiro atoms. The van der Waals surface area contributed by atoms with Gasteiger partial charge in [0.15, 0.2) is 0 Å². The lowest BCUT2D eigenvalue weighted by Gasteiger charge is -2.21. The normalized spacial score (nSPS) is 14.3. The summed E-state index contributed by atoms with van der Waals surface area (Å²) in [6, 6.07) is 14.0. The van der Waals surface area contributed by atoms with E-state index in [-0.39, 0.29) is 10.7 Å². The first-order valence-electron chi connectivity index (χ1n) is 10.5. The first kappa shape index (κ1) is 21.6. The van der Waals surface area contributed by atoms with Crippen LogP contribution in [0.3, 0.4) is 0 Å². The Hall–Kier alpha value is -3.61. The number of carbonyl (C=O) groups excluding carboxylic acids is 1. The number of rotatable bonds is 4. The summed E-state index contributed by atoms with van der Waals surface area (Å²) in [7, 11) is 0. The zero-order valence-electron chi connectivity index (χ0n) is 17.7. The van der Waals surface area contributed by atoms with E-state index in [2.05, 4.69) is 33.3 Å². The third-order valence-corrected chi connectivity index (χ3v) is 5.97. The molecule has 1 amide bonds. The van der Waals surface area contributed by atoms with Crippen LogP contribution in [-0.2, 0) is 6.54 Å². The minimum absolute atomic E-state index is 0.238. The molecule has 1 aliphatic carbocycles. The molecule has 0 saturated heterocycles. The van der Waals surface area contributed by atoms with Crippen LogP contribution in [0, 0.1) is 35.5 Å². The van der Waals surface area contributed by atoms with E-state index >= 15 is 0 Å². The van der Waals surface area contributed by atoms with Gasteiger partial charge in [0.05, 0.1) is 29.2 Å². The molecule has 2 aromatic heterocycles. The topological polar surface area (TPSA) is 83.6 Å². The van der Waals surface area contributed by atoms with Crippen LogP contribution in [0.25, 0.3) is 0 Å². The van der Waals surface area contributed by atoms with Crippen LogP contribution >= 0.6 is 11.6 Å². The number of carbonyl (C=O) groups is 1. The van der Waals surface area contributed by atoms with Crippen molar-refractivity contribution in [2.75, 3.05) is 5.32 Å². The van der Waals surface area contributed by atoms with Gasteiger partial charge in [-0.1, -0.05) is 54.5 Å². The largest absolute Gasteiger partial charge is 0.305 e. The fraction of sp³-hybridized carbons (Fsp3) is 0.280. The van der Waals surface area contributed by atoms with Gasteiger partial charge in [-0.2, -0.15) is 10.4 Å². The molecule has 160 valence electrons. The summed E-state index contributed by atoms with van der Waals surface area (Å²) in [6.45, 7) is 2.21. The number of hydrogen-bond acceptors (Lipinski definition) is 4. The highest BCUT2D eigenvalue weighted by atomic mass is 35.5. The second-order valence-electron chi connectivity index (χ2n) is 8.06. The molecule has 0 unspecified atom stereocenters. The Balaban J connectivity index is 1.52. The third-order valence-electron chi connectivity index (χ3n) is 5.70. The zero-order valence-corrected chi connectivity index (χ0v) is 18.5. The van der Waals surface area contributed by atoms with Gasteiger partial charge in [-0.15, -0.1) is 0 Å². The van der Waals surface area contributed by atoms with E-state index < -0.39 is 11.3 Å². The smallest absolute Gasteiger partial charge is 0.276 e. The maximum Gasteiger partial charge on any atom is 0.276 e. The fourth-order valence-corrected chi connectivity index (χ4v) is 4.19. The average Bonchev–Trinajstić information content (AvgIpc) is 3.42. The Bertz CT molecular complexity index is 1240. The minimum Gasteiger partial charge on any atom is -0.305 e. The first-order valence-corrected chi connectivity index (χ1v) is 10.9. The summed E-state index contributed by atoms with van der Waals surface area (Å²) in [5, 5.41) is 17.0. The molecular weight excluding hydrogens is 422 g/mol. The zero-order chi connectivity index (χ0) is 22.6. The number of aromatic nitrogens is 3. The predicted molar refractivity (Wildman–Crippen MR) is 123 cm³/mol. The SMILES string of the molecule is Cc1cc(C#Cc2ccccc2)cnc1NC(=O)c1c(Cl)cnn1CC1(C#N)CCCC1. The number of aryl methyl sites for hydroxylation is 1. The number of anilines is 1. The summed E-state index contributed by atoms with van der Waals surface area (Å²) in [4.78, 5) is 17.4. The van der Waals surface area contributed by atoms with Crippen molar-refractivity contribution in [1.29, 1.82) is 5.26 Å². The molecule has 0 bridgehead atoms. The lowest BCUT2D eigenvalue weighted by molar-refractivity contribution is 0.101. The summed E-state index contributed by atoms with van der Waals surface area (Å²) in [6.07, 6.45) is 6.68. The molecule has 2 heterocycles. The van der Waals surface area contributed by atoms with Crippen molar-refractivity contribution in [2.24, 2.45) is 5.41 Å². The maximum atomic E-state index is 13.0. The van der Waals surface area contributed by atoms with Crippen molar-refractivity contribution in [2.45, 2.75) is 39.2 Å². The number of halogens is 1.